The van der Waals surface area contributed by atoms with E-state index >= 15 is 0 Å². The molecule has 1 aromatic carbocycles. The zero-order valence-corrected chi connectivity index (χ0v) is 17.5. The average Bonchev–Trinajstić information content (AvgIpc) is 3.43. The zero-order chi connectivity index (χ0) is 20.4. The fourth-order valence-electron chi connectivity index (χ4n) is 3.73. The molecule has 0 radical (unpaired) electrons. The van der Waals surface area contributed by atoms with Crippen LogP contribution in [0.2, 0.25) is 0 Å². The maximum absolute atomic E-state index is 13.8. The second-order valence-corrected chi connectivity index (χ2v) is 8.20. The van der Waals surface area contributed by atoms with Gasteiger partial charge in [0.25, 0.3) is 5.91 Å². The molecule has 1 aliphatic heterocycles. The molecule has 0 aliphatic carbocycles. The molecule has 0 saturated carbocycles. The number of carbonyl (C=O) groups excluding carboxylic acids is 1. The van der Waals surface area contributed by atoms with Crippen molar-refractivity contribution in [2.75, 3.05) is 38.7 Å². The minimum absolute atomic E-state index is 0.0770. The number of ether oxygens (including phenoxy) is 1. The monoisotopic (exact) mass is 416 g/mol. The summed E-state index contributed by atoms with van der Waals surface area (Å²) in [7, 11) is 1.68. The van der Waals surface area contributed by atoms with Crippen LogP contribution in [-0.4, -0.2) is 53.5 Å². The number of thiazole rings is 1. The number of rotatable bonds is 7. The van der Waals surface area contributed by atoms with Crippen LogP contribution in [-0.2, 0) is 4.74 Å². The molecule has 3 aromatic rings. The van der Waals surface area contributed by atoms with E-state index in [2.05, 4.69) is 5.32 Å². The summed E-state index contributed by atoms with van der Waals surface area (Å²) in [5, 5.41) is 3.43. The third-order valence-corrected chi connectivity index (χ3v) is 6.34. The lowest BCUT2D eigenvalue weighted by Crippen LogP contribution is -2.27. The molecule has 29 heavy (non-hydrogen) atoms. The number of hydrogen-bond acceptors (Lipinski definition) is 5. The number of amides is 1. The van der Waals surface area contributed by atoms with Crippen LogP contribution in [0.5, 0.6) is 0 Å². The fourth-order valence-corrected chi connectivity index (χ4v) is 4.83. The smallest absolute Gasteiger partial charge is 0.265 e. The molecule has 3 heterocycles. The number of halogens is 1. The van der Waals surface area contributed by atoms with Gasteiger partial charge in [0.1, 0.15) is 22.2 Å². The Morgan fingerprint density at radius 1 is 1.34 bits per heavy atom. The number of imidazole rings is 1. The Morgan fingerprint density at radius 3 is 2.86 bits per heavy atom. The molecule has 8 heteroatoms. The SMILES string of the molecule is COCCCNc1c(-c2cccc(F)c2)nc2sc(C(=O)N3CCCC3)c(C)n12. The van der Waals surface area contributed by atoms with Gasteiger partial charge in [0.2, 0.25) is 0 Å². The molecule has 2 aromatic heterocycles. The summed E-state index contributed by atoms with van der Waals surface area (Å²) in [6.45, 7) is 4.91. The van der Waals surface area contributed by atoms with Crippen LogP contribution in [0.1, 0.15) is 34.6 Å². The van der Waals surface area contributed by atoms with Crippen LogP contribution in [0.15, 0.2) is 24.3 Å². The van der Waals surface area contributed by atoms with Gasteiger partial charge in [0.05, 0.1) is 0 Å². The maximum atomic E-state index is 13.8. The van der Waals surface area contributed by atoms with Gasteiger partial charge in [-0.05, 0) is 38.3 Å². The Kier molecular flexibility index (Phi) is 5.82. The maximum Gasteiger partial charge on any atom is 0.265 e. The second-order valence-electron chi connectivity index (χ2n) is 7.23. The summed E-state index contributed by atoms with van der Waals surface area (Å²) in [6, 6.07) is 6.44. The van der Waals surface area contributed by atoms with Crippen LogP contribution in [0.4, 0.5) is 10.2 Å². The average molecular weight is 417 g/mol. The molecule has 1 N–H and O–H groups in total. The number of fused-ring (bicyclic) bond motifs is 1. The standard InChI is InChI=1S/C21H25FN4O2S/c1-14-18(20(27)25-10-3-4-11-25)29-21-24-17(15-7-5-8-16(22)13-15)19(26(14)21)23-9-6-12-28-2/h5,7-8,13,23H,3-4,6,9-12H2,1-2H3. The first-order chi connectivity index (χ1) is 14.1. The van der Waals surface area contributed by atoms with Crippen LogP contribution >= 0.6 is 11.3 Å². The highest BCUT2D eigenvalue weighted by Crippen LogP contribution is 2.35. The minimum atomic E-state index is -0.300. The topological polar surface area (TPSA) is 58.9 Å². The van der Waals surface area contributed by atoms with Gasteiger partial charge in [-0.3, -0.25) is 9.20 Å². The number of aromatic nitrogens is 2. The van der Waals surface area contributed by atoms with Gasteiger partial charge in [-0.15, -0.1) is 0 Å². The summed E-state index contributed by atoms with van der Waals surface area (Å²) in [5.41, 5.74) is 2.27. The van der Waals surface area contributed by atoms with E-state index in [4.69, 9.17) is 9.72 Å². The van der Waals surface area contributed by atoms with Gasteiger partial charge in [-0.1, -0.05) is 23.5 Å². The molecule has 0 spiro atoms. The van der Waals surface area contributed by atoms with Gasteiger partial charge >= 0.3 is 0 Å². The summed E-state index contributed by atoms with van der Waals surface area (Å²) in [4.78, 5) is 21.1. The van der Waals surface area contributed by atoms with Crippen LogP contribution in [0.25, 0.3) is 16.2 Å². The number of benzene rings is 1. The van der Waals surface area contributed by atoms with Crippen molar-refractivity contribution in [1.82, 2.24) is 14.3 Å². The molecule has 154 valence electrons. The quantitative estimate of drug-likeness (QED) is 0.587. The molecule has 0 atom stereocenters. The van der Waals surface area contributed by atoms with Crippen molar-refractivity contribution in [3.63, 3.8) is 0 Å². The van der Waals surface area contributed by atoms with Gasteiger partial charge in [-0.25, -0.2) is 9.37 Å². The largest absolute Gasteiger partial charge is 0.385 e. The highest BCUT2D eigenvalue weighted by atomic mass is 32.1. The first kappa shape index (κ1) is 19.8. The number of nitrogens with one attached hydrogen (secondary N) is 1. The van der Waals surface area contributed by atoms with E-state index in [1.54, 1.807) is 13.2 Å². The van der Waals surface area contributed by atoms with Crippen molar-refractivity contribution in [3.05, 3.63) is 40.7 Å². The van der Waals surface area contributed by atoms with Crippen LogP contribution in [0, 0.1) is 12.7 Å². The molecule has 6 nitrogen and oxygen atoms in total. The van der Waals surface area contributed by atoms with E-state index < -0.39 is 0 Å². The van der Waals surface area contributed by atoms with Crippen molar-refractivity contribution in [2.45, 2.75) is 26.2 Å². The van der Waals surface area contributed by atoms with Gasteiger partial charge < -0.3 is 15.0 Å². The van der Waals surface area contributed by atoms with Gasteiger partial charge in [-0.2, -0.15) is 0 Å². The van der Waals surface area contributed by atoms with Crippen LogP contribution in [0.3, 0.4) is 0 Å². The molecule has 4 rings (SSSR count). The number of methoxy groups -OCH3 is 1. The third kappa shape index (κ3) is 3.86. The predicted octanol–water partition coefficient (Wildman–Crippen LogP) is 4.19. The van der Waals surface area contributed by atoms with E-state index in [-0.39, 0.29) is 11.7 Å². The van der Waals surface area contributed by atoms with Gasteiger partial charge in [0, 0.05) is 44.6 Å². The predicted molar refractivity (Wildman–Crippen MR) is 113 cm³/mol. The molecule has 1 aliphatic rings. The lowest BCUT2D eigenvalue weighted by atomic mass is 10.1. The normalized spacial score (nSPS) is 14.1. The first-order valence-electron chi connectivity index (χ1n) is 9.90. The highest BCUT2D eigenvalue weighted by Gasteiger charge is 2.27. The Balaban J connectivity index is 1.76. The fraction of sp³-hybridized carbons (Fsp3) is 0.429. The van der Waals surface area contributed by atoms with E-state index in [1.165, 1.54) is 23.5 Å². The van der Waals surface area contributed by atoms with E-state index in [0.29, 0.717) is 24.4 Å². The first-order valence-corrected chi connectivity index (χ1v) is 10.7. The van der Waals surface area contributed by atoms with E-state index in [0.717, 1.165) is 53.7 Å². The molecular formula is C21H25FN4O2S. The lowest BCUT2D eigenvalue weighted by Gasteiger charge is -2.14. The lowest BCUT2D eigenvalue weighted by molar-refractivity contribution is 0.0796. The van der Waals surface area contributed by atoms with Crippen molar-refractivity contribution in [1.29, 1.82) is 0 Å². The van der Waals surface area contributed by atoms with Crippen molar-refractivity contribution in [3.8, 4) is 11.3 Å². The Hall–Kier alpha value is -2.45. The van der Waals surface area contributed by atoms with Crippen LogP contribution < -0.4 is 5.32 Å². The number of likely N-dealkylation sites (tertiary alicyclic amines) is 1. The number of carbonyl (C=O) groups is 1. The number of hydrogen-bond donors (Lipinski definition) is 1. The molecular weight excluding hydrogens is 391 g/mol. The Labute approximate surface area is 173 Å². The molecule has 0 unspecified atom stereocenters. The summed E-state index contributed by atoms with van der Waals surface area (Å²) >= 11 is 1.40. The molecule has 1 saturated heterocycles. The molecule has 0 bridgehead atoms. The van der Waals surface area contributed by atoms with E-state index in [9.17, 15) is 9.18 Å². The summed E-state index contributed by atoms with van der Waals surface area (Å²) in [5.74, 6) is 0.565. The Bertz CT molecular complexity index is 1020. The van der Waals surface area contributed by atoms with Crippen molar-refractivity contribution < 1.29 is 13.9 Å². The summed E-state index contributed by atoms with van der Waals surface area (Å²) < 4.78 is 20.9. The third-order valence-electron chi connectivity index (χ3n) is 5.21. The summed E-state index contributed by atoms with van der Waals surface area (Å²) in [6.07, 6.45) is 2.95. The molecule has 1 fully saturated rings. The second kappa shape index (κ2) is 8.51. The number of nitrogens with zero attached hydrogens (tertiary/aromatic N) is 3. The zero-order valence-electron chi connectivity index (χ0n) is 16.7. The van der Waals surface area contributed by atoms with Crippen molar-refractivity contribution in [2.24, 2.45) is 0 Å². The molecule has 1 amide bonds. The Morgan fingerprint density at radius 2 is 2.14 bits per heavy atom. The minimum Gasteiger partial charge on any atom is -0.385 e. The van der Waals surface area contributed by atoms with Gasteiger partial charge in [0.15, 0.2) is 4.96 Å². The van der Waals surface area contributed by atoms with E-state index in [1.807, 2.05) is 22.3 Å². The number of aryl methyl sites for hydroxylation is 1. The number of anilines is 1. The highest BCUT2D eigenvalue weighted by molar-refractivity contribution is 7.19. The van der Waals surface area contributed by atoms with Crippen molar-refractivity contribution >= 4 is 28.0 Å².